The molecule has 0 radical (unpaired) electrons. The van der Waals surface area contributed by atoms with Crippen LogP contribution in [0.5, 0.6) is 0 Å². The van der Waals surface area contributed by atoms with Crippen molar-refractivity contribution in [2.75, 3.05) is 44.7 Å². The summed E-state index contributed by atoms with van der Waals surface area (Å²) in [5.41, 5.74) is 0. The highest BCUT2D eigenvalue weighted by Gasteiger charge is 2.21. The lowest BCUT2D eigenvalue weighted by Crippen LogP contribution is -2.53. The highest BCUT2D eigenvalue weighted by Crippen LogP contribution is 2.11. The molecule has 27 heavy (non-hydrogen) atoms. The monoisotopic (exact) mass is 486 g/mol. The van der Waals surface area contributed by atoms with E-state index in [0.29, 0.717) is 18.9 Å². The molecule has 1 saturated heterocycles. The van der Waals surface area contributed by atoms with Crippen LogP contribution >= 0.6 is 24.0 Å². The van der Waals surface area contributed by atoms with Gasteiger partial charge in [-0.05, 0) is 6.07 Å². The van der Waals surface area contributed by atoms with Crippen LogP contribution in [0.1, 0.15) is 31.5 Å². The lowest BCUT2D eigenvalue weighted by atomic mass is 10.2. The van der Waals surface area contributed by atoms with E-state index < -0.39 is 0 Å². The minimum Gasteiger partial charge on any atom is -0.356 e. The maximum atomic E-state index is 5.27. The number of rotatable bonds is 5. The number of halogens is 1. The second-order valence-electron chi connectivity index (χ2n) is 6.45. The molecule has 9 nitrogen and oxygen atoms in total. The van der Waals surface area contributed by atoms with Gasteiger partial charge in [0.25, 0.3) is 0 Å². The number of nitrogens with one attached hydrogen (secondary N) is 1. The molecule has 0 saturated carbocycles. The van der Waals surface area contributed by atoms with E-state index in [2.05, 4.69) is 54.1 Å². The van der Waals surface area contributed by atoms with Gasteiger partial charge >= 0.3 is 0 Å². The van der Waals surface area contributed by atoms with Crippen molar-refractivity contribution < 1.29 is 4.52 Å². The van der Waals surface area contributed by atoms with E-state index in [4.69, 9.17) is 4.52 Å². The Hall–Kier alpha value is -1.98. The van der Waals surface area contributed by atoms with Crippen LogP contribution < -0.4 is 10.2 Å². The lowest BCUT2D eigenvalue weighted by molar-refractivity contribution is 0.361. The second-order valence-corrected chi connectivity index (χ2v) is 6.45. The van der Waals surface area contributed by atoms with Gasteiger partial charge in [-0.15, -0.1) is 24.0 Å². The third-order valence-corrected chi connectivity index (χ3v) is 4.25. The largest absolute Gasteiger partial charge is 0.356 e. The number of piperazine rings is 1. The fraction of sp³-hybridized carbons (Fsp3) is 0.588. The molecule has 2 aromatic heterocycles. The molecule has 0 aliphatic carbocycles. The van der Waals surface area contributed by atoms with Crippen LogP contribution in [0, 0.1) is 0 Å². The standard InChI is InChI=1S/C17H26N8O.HI/c1-13(2)15-22-14(26-23-15)5-8-21-16(18-3)24-9-11-25(12-10-24)17-19-6-4-7-20-17;/h4,6-7,13H,5,8-12H2,1-3H3,(H,18,21);1H. The Morgan fingerprint density at radius 2 is 1.93 bits per heavy atom. The second kappa shape index (κ2) is 10.4. The van der Waals surface area contributed by atoms with Crippen molar-refractivity contribution in [3.05, 3.63) is 30.2 Å². The minimum atomic E-state index is 0. The minimum absolute atomic E-state index is 0. The maximum Gasteiger partial charge on any atom is 0.228 e. The fourth-order valence-electron chi connectivity index (χ4n) is 2.79. The zero-order valence-corrected chi connectivity index (χ0v) is 18.3. The van der Waals surface area contributed by atoms with Crippen molar-refractivity contribution in [1.29, 1.82) is 0 Å². The molecule has 0 aromatic carbocycles. The molecule has 1 N–H and O–H groups in total. The van der Waals surface area contributed by atoms with Crippen molar-refractivity contribution >= 4 is 35.9 Å². The highest BCUT2D eigenvalue weighted by molar-refractivity contribution is 14.0. The first-order valence-electron chi connectivity index (χ1n) is 8.97. The van der Waals surface area contributed by atoms with Crippen molar-refractivity contribution in [2.45, 2.75) is 26.2 Å². The van der Waals surface area contributed by atoms with E-state index in [0.717, 1.165) is 43.9 Å². The Morgan fingerprint density at radius 1 is 1.22 bits per heavy atom. The number of hydrogen-bond donors (Lipinski definition) is 1. The lowest BCUT2D eigenvalue weighted by Gasteiger charge is -2.36. The van der Waals surface area contributed by atoms with Gasteiger partial charge < -0.3 is 19.6 Å². The fourth-order valence-corrected chi connectivity index (χ4v) is 2.79. The maximum absolute atomic E-state index is 5.27. The van der Waals surface area contributed by atoms with Crippen LogP contribution in [0.2, 0.25) is 0 Å². The Kier molecular flexibility index (Phi) is 8.20. The summed E-state index contributed by atoms with van der Waals surface area (Å²) in [5, 5.41) is 7.37. The summed E-state index contributed by atoms with van der Waals surface area (Å²) in [6, 6.07) is 1.83. The predicted octanol–water partition coefficient (Wildman–Crippen LogP) is 1.54. The number of anilines is 1. The average Bonchev–Trinajstić information content (AvgIpc) is 3.15. The van der Waals surface area contributed by atoms with Gasteiger partial charge in [-0.1, -0.05) is 19.0 Å². The van der Waals surface area contributed by atoms with Crippen molar-refractivity contribution in [1.82, 2.24) is 30.3 Å². The normalized spacial score (nSPS) is 15.0. The van der Waals surface area contributed by atoms with Gasteiger partial charge in [0.05, 0.1) is 0 Å². The molecule has 1 aliphatic rings. The van der Waals surface area contributed by atoms with Gasteiger partial charge in [-0.3, -0.25) is 4.99 Å². The van der Waals surface area contributed by atoms with Crippen LogP contribution in [0.15, 0.2) is 28.0 Å². The summed E-state index contributed by atoms with van der Waals surface area (Å²) in [7, 11) is 1.80. The average molecular weight is 486 g/mol. The number of aliphatic imine (C=N–C) groups is 1. The number of nitrogens with zero attached hydrogens (tertiary/aromatic N) is 7. The Labute approximate surface area is 176 Å². The van der Waals surface area contributed by atoms with E-state index in [1.165, 1.54) is 0 Å². The van der Waals surface area contributed by atoms with Crippen molar-refractivity contribution in [3.63, 3.8) is 0 Å². The Morgan fingerprint density at radius 3 is 2.52 bits per heavy atom. The summed E-state index contributed by atoms with van der Waals surface area (Å²) < 4.78 is 5.27. The smallest absolute Gasteiger partial charge is 0.228 e. The molecule has 0 unspecified atom stereocenters. The zero-order chi connectivity index (χ0) is 18.4. The zero-order valence-electron chi connectivity index (χ0n) is 16.0. The van der Waals surface area contributed by atoms with E-state index in [1.807, 2.05) is 6.07 Å². The molecule has 3 rings (SSSR count). The number of hydrogen-bond acceptors (Lipinski definition) is 7. The van der Waals surface area contributed by atoms with Crippen LogP contribution in [0.3, 0.4) is 0 Å². The summed E-state index contributed by atoms with van der Waals surface area (Å²) in [4.78, 5) is 21.9. The van der Waals surface area contributed by atoms with Gasteiger partial charge in [0.1, 0.15) is 0 Å². The molecule has 1 fully saturated rings. The van der Waals surface area contributed by atoms with E-state index in [9.17, 15) is 0 Å². The van der Waals surface area contributed by atoms with Crippen LogP contribution in [-0.4, -0.2) is 70.7 Å². The Bertz CT molecular complexity index is 713. The molecule has 10 heteroatoms. The molecule has 2 aromatic rings. The predicted molar refractivity (Wildman–Crippen MR) is 115 cm³/mol. The highest BCUT2D eigenvalue weighted by atomic mass is 127. The summed E-state index contributed by atoms with van der Waals surface area (Å²) in [6.45, 7) is 8.28. The number of guanidine groups is 1. The van der Waals surface area contributed by atoms with Crippen molar-refractivity contribution in [3.8, 4) is 0 Å². The van der Waals surface area contributed by atoms with Crippen LogP contribution in [0.4, 0.5) is 5.95 Å². The van der Waals surface area contributed by atoms with Gasteiger partial charge in [0.2, 0.25) is 11.8 Å². The van der Waals surface area contributed by atoms with Crippen molar-refractivity contribution in [2.24, 2.45) is 4.99 Å². The third kappa shape index (κ3) is 5.75. The summed E-state index contributed by atoms with van der Waals surface area (Å²) in [6.07, 6.45) is 4.23. The molecule has 148 valence electrons. The molecule has 0 atom stereocenters. The van der Waals surface area contributed by atoms with E-state index in [-0.39, 0.29) is 29.9 Å². The van der Waals surface area contributed by atoms with E-state index in [1.54, 1.807) is 19.4 Å². The topological polar surface area (TPSA) is 95.6 Å². The molecular formula is C17H27IN8O. The van der Waals surface area contributed by atoms with Gasteiger partial charge in [0.15, 0.2) is 11.8 Å². The molecular weight excluding hydrogens is 459 g/mol. The first-order valence-corrected chi connectivity index (χ1v) is 8.97. The first kappa shape index (κ1) is 21.3. The number of aromatic nitrogens is 4. The van der Waals surface area contributed by atoms with Gasteiger partial charge in [0, 0.05) is 64.5 Å². The summed E-state index contributed by atoms with van der Waals surface area (Å²) in [5.74, 6) is 3.36. The third-order valence-electron chi connectivity index (χ3n) is 4.25. The Balaban J connectivity index is 0.00000261. The molecule has 1 aliphatic heterocycles. The van der Waals surface area contributed by atoms with Crippen LogP contribution in [0.25, 0.3) is 0 Å². The first-order chi connectivity index (χ1) is 12.7. The molecule has 0 spiro atoms. The quantitative estimate of drug-likeness (QED) is 0.387. The molecule has 0 bridgehead atoms. The SMILES string of the molecule is CN=C(NCCc1nc(C(C)C)no1)N1CCN(c2ncccn2)CC1.I. The molecule has 3 heterocycles. The molecule has 0 amide bonds. The summed E-state index contributed by atoms with van der Waals surface area (Å²) >= 11 is 0. The van der Waals surface area contributed by atoms with Gasteiger partial charge in [-0.2, -0.15) is 4.98 Å². The van der Waals surface area contributed by atoms with Gasteiger partial charge in [-0.25, -0.2) is 9.97 Å². The van der Waals surface area contributed by atoms with Crippen LogP contribution in [-0.2, 0) is 6.42 Å². The van der Waals surface area contributed by atoms with E-state index >= 15 is 0 Å².